The van der Waals surface area contributed by atoms with Crippen molar-refractivity contribution in [1.82, 2.24) is 9.97 Å². The predicted octanol–water partition coefficient (Wildman–Crippen LogP) is 7.03. The molecule has 186 valence electrons. The Balaban J connectivity index is 1.74. The van der Waals surface area contributed by atoms with Gasteiger partial charge in [-0.25, -0.2) is 4.98 Å². The number of amides is 1. The Morgan fingerprint density at radius 2 is 1.86 bits per heavy atom. The lowest BCUT2D eigenvalue weighted by Gasteiger charge is -2.17. The fourth-order valence-corrected chi connectivity index (χ4v) is 3.96. The molecule has 4 aromatic rings. The fourth-order valence-electron chi connectivity index (χ4n) is 3.79. The number of fused-ring (bicyclic) bond motifs is 1. The van der Waals surface area contributed by atoms with E-state index in [0.717, 1.165) is 6.07 Å². The van der Waals surface area contributed by atoms with Crippen LogP contribution in [0.3, 0.4) is 0 Å². The highest BCUT2D eigenvalue weighted by Crippen LogP contribution is 2.35. The van der Waals surface area contributed by atoms with Gasteiger partial charge in [-0.05, 0) is 42.8 Å². The third-order valence-corrected chi connectivity index (χ3v) is 5.94. The quantitative estimate of drug-likeness (QED) is 0.247. The average Bonchev–Trinajstić information content (AvgIpc) is 3.23. The number of rotatable bonds is 7. The molecule has 0 aliphatic heterocycles. The minimum Gasteiger partial charge on any atom is -0.377 e. The minimum atomic E-state index is -4.55. The first-order valence-corrected chi connectivity index (χ1v) is 11.2. The van der Waals surface area contributed by atoms with E-state index in [2.05, 4.69) is 27.2 Å². The van der Waals surface area contributed by atoms with E-state index in [0.29, 0.717) is 38.8 Å². The molecule has 10 heteroatoms. The number of carbonyl (C=O) groups is 1. The zero-order chi connectivity index (χ0) is 26.0. The van der Waals surface area contributed by atoms with Gasteiger partial charge >= 0.3 is 6.18 Å². The van der Waals surface area contributed by atoms with Crippen molar-refractivity contribution in [2.24, 2.45) is 0 Å². The molecule has 0 saturated heterocycles. The van der Waals surface area contributed by atoms with E-state index in [1.807, 2.05) is 0 Å². The smallest absolute Gasteiger partial charge is 0.377 e. The maximum Gasteiger partial charge on any atom is 0.417 e. The molecule has 0 aliphatic carbocycles. The van der Waals surface area contributed by atoms with E-state index in [1.54, 1.807) is 31.2 Å². The number of ether oxygens (including phenoxy) is 1. The van der Waals surface area contributed by atoms with Gasteiger partial charge in [-0.3, -0.25) is 4.79 Å². The summed E-state index contributed by atoms with van der Waals surface area (Å²) in [6, 6.07) is 13.4. The molecule has 0 radical (unpaired) electrons. The summed E-state index contributed by atoms with van der Waals surface area (Å²) in [5.41, 5.74) is 1.75. The molecular formula is C26H22ClF3N4O2. The van der Waals surface area contributed by atoms with Crippen LogP contribution in [-0.4, -0.2) is 23.0 Å². The summed E-state index contributed by atoms with van der Waals surface area (Å²) in [6.07, 6.45) is -4.55. The number of aromatic nitrogens is 2. The second kappa shape index (κ2) is 10.0. The number of anilines is 2. The van der Waals surface area contributed by atoms with Crippen LogP contribution in [0.2, 0.25) is 5.02 Å². The number of alkyl halides is 3. The highest BCUT2D eigenvalue weighted by atomic mass is 35.5. The Morgan fingerprint density at radius 1 is 1.11 bits per heavy atom. The van der Waals surface area contributed by atoms with Crippen molar-refractivity contribution in [3.8, 4) is 0 Å². The molecule has 1 aromatic heterocycles. The molecule has 6 nitrogen and oxygen atoms in total. The SMILES string of the molecule is C=C(Nc1cc(C(=O)Nc2cccc(Cl)c2C)c2nc(COC)[nH]c2c1)c1ccccc1C(F)(F)F. The number of nitrogens with one attached hydrogen (secondary N) is 3. The molecule has 0 spiro atoms. The number of halogens is 4. The van der Waals surface area contributed by atoms with Crippen molar-refractivity contribution in [3.05, 3.63) is 94.3 Å². The molecule has 36 heavy (non-hydrogen) atoms. The van der Waals surface area contributed by atoms with Crippen LogP contribution in [0.15, 0.2) is 61.2 Å². The van der Waals surface area contributed by atoms with Gasteiger partial charge in [0.25, 0.3) is 5.91 Å². The molecule has 0 fully saturated rings. The molecule has 0 unspecified atom stereocenters. The van der Waals surface area contributed by atoms with Gasteiger partial charge in [0.1, 0.15) is 17.9 Å². The number of benzene rings is 3. The van der Waals surface area contributed by atoms with Crippen LogP contribution in [0, 0.1) is 6.92 Å². The summed E-state index contributed by atoms with van der Waals surface area (Å²) < 4.78 is 45.7. The predicted molar refractivity (Wildman–Crippen MR) is 135 cm³/mol. The summed E-state index contributed by atoms with van der Waals surface area (Å²) in [5, 5.41) is 6.24. The van der Waals surface area contributed by atoms with Crippen LogP contribution in [-0.2, 0) is 17.5 Å². The molecular weight excluding hydrogens is 493 g/mol. The van der Waals surface area contributed by atoms with Crippen molar-refractivity contribution < 1.29 is 22.7 Å². The Kier molecular flexibility index (Phi) is 7.05. The van der Waals surface area contributed by atoms with Crippen molar-refractivity contribution in [3.63, 3.8) is 0 Å². The van der Waals surface area contributed by atoms with E-state index >= 15 is 0 Å². The van der Waals surface area contributed by atoms with E-state index in [9.17, 15) is 18.0 Å². The zero-order valence-electron chi connectivity index (χ0n) is 19.4. The van der Waals surface area contributed by atoms with Crippen molar-refractivity contribution in [2.75, 3.05) is 17.7 Å². The van der Waals surface area contributed by atoms with Crippen molar-refractivity contribution >= 4 is 45.6 Å². The van der Waals surface area contributed by atoms with Gasteiger partial charge in [0.2, 0.25) is 0 Å². The number of imidazole rings is 1. The fraction of sp³-hybridized carbons (Fsp3) is 0.154. The number of aromatic amines is 1. The first-order chi connectivity index (χ1) is 17.1. The van der Waals surface area contributed by atoms with Crippen LogP contribution in [0.1, 0.15) is 32.9 Å². The number of H-pyrrole nitrogens is 1. The highest BCUT2D eigenvalue weighted by molar-refractivity contribution is 6.31. The first-order valence-electron chi connectivity index (χ1n) is 10.8. The molecule has 1 amide bonds. The Hall–Kier alpha value is -3.82. The first kappa shape index (κ1) is 25.3. The number of hydrogen-bond acceptors (Lipinski definition) is 4. The lowest BCUT2D eigenvalue weighted by Crippen LogP contribution is -2.14. The normalized spacial score (nSPS) is 11.5. The van der Waals surface area contributed by atoms with E-state index < -0.39 is 17.6 Å². The number of hydrogen-bond donors (Lipinski definition) is 3. The lowest BCUT2D eigenvalue weighted by molar-refractivity contribution is -0.137. The van der Waals surface area contributed by atoms with Crippen molar-refractivity contribution in [2.45, 2.75) is 19.7 Å². The van der Waals surface area contributed by atoms with E-state index in [-0.39, 0.29) is 23.4 Å². The number of nitrogens with zero attached hydrogens (tertiary/aromatic N) is 1. The molecule has 4 rings (SSSR count). The second-order valence-corrected chi connectivity index (χ2v) is 8.46. The van der Waals surface area contributed by atoms with Gasteiger partial charge in [0, 0.05) is 34.8 Å². The van der Waals surface area contributed by atoms with Gasteiger partial charge in [-0.15, -0.1) is 0 Å². The maximum atomic E-state index is 13.5. The lowest BCUT2D eigenvalue weighted by atomic mass is 10.0. The highest BCUT2D eigenvalue weighted by Gasteiger charge is 2.33. The largest absolute Gasteiger partial charge is 0.417 e. The summed E-state index contributed by atoms with van der Waals surface area (Å²) in [6.45, 7) is 5.76. The summed E-state index contributed by atoms with van der Waals surface area (Å²) in [4.78, 5) is 20.9. The molecule has 3 aromatic carbocycles. The average molecular weight is 515 g/mol. The monoisotopic (exact) mass is 514 g/mol. The standard InChI is InChI=1S/C26H22ClF3N4O2/c1-14-20(27)9-6-10-21(14)33-25(35)18-11-16(12-22-24(18)34-23(32-22)13-36-3)31-15(2)17-7-4-5-8-19(17)26(28,29)30/h4-12,31H,2,13H2,1,3H3,(H,32,34)(H,33,35). The molecule has 1 heterocycles. The third-order valence-electron chi connectivity index (χ3n) is 5.53. The zero-order valence-corrected chi connectivity index (χ0v) is 20.1. The van der Waals surface area contributed by atoms with Gasteiger partial charge in [-0.2, -0.15) is 13.2 Å². The third kappa shape index (κ3) is 5.22. The Morgan fingerprint density at radius 3 is 2.58 bits per heavy atom. The number of methoxy groups -OCH3 is 1. The Labute approximate surface area is 210 Å². The van der Waals surface area contributed by atoms with Gasteiger partial charge in [-0.1, -0.05) is 42.4 Å². The minimum absolute atomic E-state index is 0.0240. The molecule has 0 aliphatic rings. The molecule has 0 bridgehead atoms. The Bertz CT molecular complexity index is 1460. The number of carbonyl (C=O) groups excluding carboxylic acids is 1. The van der Waals surface area contributed by atoms with E-state index in [1.165, 1.54) is 31.4 Å². The summed E-state index contributed by atoms with van der Waals surface area (Å²) in [5.74, 6) is 0.0182. The van der Waals surface area contributed by atoms with Crippen LogP contribution in [0.25, 0.3) is 16.7 Å². The van der Waals surface area contributed by atoms with Crippen LogP contribution in [0.4, 0.5) is 24.5 Å². The van der Waals surface area contributed by atoms with Crippen molar-refractivity contribution in [1.29, 1.82) is 0 Å². The van der Waals surface area contributed by atoms with Crippen LogP contribution < -0.4 is 10.6 Å². The summed E-state index contributed by atoms with van der Waals surface area (Å²) in [7, 11) is 1.51. The maximum absolute atomic E-state index is 13.5. The van der Waals surface area contributed by atoms with Crippen LogP contribution >= 0.6 is 11.6 Å². The summed E-state index contributed by atoms with van der Waals surface area (Å²) >= 11 is 6.18. The second-order valence-electron chi connectivity index (χ2n) is 8.05. The van der Waals surface area contributed by atoms with E-state index in [4.69, 9.17) is 16.3 Å². The van der Waals surface area contributed by atoms with Gasteiger partial charge in [0.15, 0.2) is 0 Å². The topological polar surface area (TPSA) is 79.0 Å². The van der Waals surface area contributed by atoms with Gasteiger partial charge in [0.05, 0.1) is 16.6 Å². The molecule has 0 saturated carbocycles. The van der Waals surface area contributed by atoms with Crippen LogP contribution in [0.5, 0.6) is 0 Å². The molecule has 3 N–H and O–H groups in total. The van der Waals surface area contributed by atoms with Gasteiger partial charge < -0.3 is 20.4 Å². The molecule has 0 atom stereocenters.